The number of aryl methyl sites for hydroxylation is 2. The maximum atomic E-state index is 5.34. The Morgan fingerprint density at radius 3 is 2.69 bits per heavy atom. The standard InChI is InChI=1S/C9H14N4/c1-4-5-8-6(2)11-7(3)12-9(8)13-10/h4H,1,5,10H2,2-3H3,(H,11,12,13). The Morgan fingerprint density at radius 1 is 1.46 bits per heavy atom. The first-order valence-corrected chi connectivity index (χ1v) is 4.10. The summed E-state index contributed by atoms with van der Waals surface area (Å²) in [5.41, 5.74) is 4.51. The molecule has 0 aliphatic carbocycles. The van der Waals surface area contributed by atoms with Crippen LogP contribution in [-0.4, -0.2) is 9.97 Å². The zero-order chi connectivity index (χ0) is 9.84. The van der Waals surface area contributed by atoms with Crippen LogP contribution in [0.25, 0.3) is 0 Å². The largest absolute Gasteiger partial charge is 0.308 e. The summed E-state index contributed by atoms with van der Waals surface area (Å²) in [6.07, 6.45) is 2.54. The lowest BCUT2D eigenvalue weighted by Gasteiger charge is -2.09. The molecule has 4 heteroatoms. The van der Waals surface area contributed by atoms with Crippen molar-refractivity contribution in [2.75, 3.05) is 5.43 Å². The van der Waals surface area contributed by atoms with Crippen molar-refractivity contribution in [3.8, 4) is 0 Å². The van der Waals surface area contributed by atoms with E-state index in [4.69, 9.17) is 5.84 Å². The number of allylic oxidation sites excluding steroid dienone is 1. The van der Waals surface area contributed by atoms with Gasteiger partial charge in [0.15, 0.2) is 0 Å². The molecule has 1 heterocycles. The predicted molar refractivity (Wildman–Crippen MR) is 53.2 cm³/mol. The van der Waals surface area contributed by atoms with E-state index in [0.717, 1.165) is 23.5 Å². The molecule has 0 aliphatic heterocycles. The Hall–Kier alpha value is -1.42. The van der Waals surface area contributed by atoms with Gasteiger partial charge in [0.25, 0.3) is 0 Å². The van der Waals surface area contributed by atoms with Crippen molar-refractivity contribution < 1.29 is 0 Å². The number of nitrogens with zero attached hydrogens (tertiary/aromatic N) is 2. The van der Waals surface area contributed by atoms with Crippen molar-refractivity contribution in [2.24, 2.45) is 5.84 Å². The van der Waals surface area contributed by atoms with E-state index in [9.17, 15) is 0 Å². The smallest absolute Gasteiger partial charge is 0.147 e. The van der Waals surface area contributed by atoms with E-state index >= 15 is 0 Å². The van der Waals surface area contributed by atoms with Gasteiger partial charge in [-0.2, -0.15) is 0 Å². The number of hydrogen-bond donors (Lipinski definition) is 2. The molecule has 0 aromatic carbocycles. The van der Waals surface area contributed by atoms with Gasteiger partial charge in [-0.15, -0.1) is 6.58 Å². The molecular formula is C9H14N4. The van der Waals surface area contributed by atoms with E-state index in [1.54, 1.807) is 0 Å². The molecule has 0 unspecified atom stereocenters. The molecule has 70 valence electrons. The third kappa shape index (κ3) is 2.03. The maximum Gasteiger partial charge on any atom is 0.147 e. The molecule has 1 rings (SSSR count). The molecule has 13 heavy (non-hydrogen) atoms. The quantitative estimate of drug-likeness (QED) is 0.413. The molecular weight excluding hydrogens is 164 g/mol. The highest BCUT2D eigenvalue weighted by molar-refractivity contribution is 5.46. The van der Waals surface area contributed by atoms with Gasteiger partial charge < -0.3 is 5.43 Å². The van der Waals surface area contributed by atoms with Crippen molar-refractivity contribution >= 4 is 5.82 Å². The molecule has 0 aliphatic rings. The first kappa shape index (κ1) is 9.67. The van der Waals surface area contributed by atoms with Crippen LogP contribution in [0.1, 0.15) is 17.1 Å². The number of anilines is 1. The number of hydrazine groups is 1. The third-order valence-corrected chi connectivity index (χ3v) is 1.81. The van der Waals surface area contributed by atoms with Gasteiger partial charge in [0.2, 0.25) is 0 Å². The van der Waals surface area contributed by atoms with Crippen LogP contribution < -0.4 is 11.3 Å². The molecule has 1 aromatic heterocycles. The summed E-state index contributed by atoms with van der Waals surface area (Å²) in [5.74, 6) is 6.75. The predicted octanol–water partition coefficient (Wildman–Crippen LogP) is 1.11. The van der Waals surface area contributed by atoms with Gasteiger partial charge in [0.05, 0.1) is 0 Å². The van der Waals surface area contributed by atoms with E-state index in [0.29, 0.717) is 5.82 Å². The molecule has 4 nitrogen and oxygen atoms in total. The number of nitrogen functional groups attached to an aromatic ring is 1. The fourth-order valence-corrected chi connectivity index (χ4v) is 1.24. The Labute approximate surface area is 77.9 Å². The topological polar surface area (TPSA) is 63.8 Å². The van der Waals surface area contributed by atoms with Crippen LogP contribution in [0.2, 0.25) is 0 Å². The summed E-state index contributed by atoms with van der Waals surface area (Å²) in [4.78, 5) is 8.42. The zero-order valence-corrected chi connectivity index (χ0v) is 7.96. The van der Waals surface area contributed by atoms with Crippen molar-refractivity contribution in [1.29, 1.82) is 0 Å². The number of nitrogens with two attached hydrogens (primary N) is 1. The highest BCUT2D eigenvalue weighted by Crippen LogP contribution is 2.15. The lowest BCUT2D eigenvalue weighted by molar-refractivity contribution is 0.963. The second kappa shape index (κ2) is 4.00. The van der Waals surface area contributed by atoms with E-state index in [1.165, 1.54) is 0 Å². The summed E-state index contributed by atoms with van der Waals surface area (Å²) in [6.45, 7) is 7.45. The van der Waals surface area contributed by atoms with E-state index in [2.05, 4.69) is 22.0 Å². The van der Waals surface area contributed by atoms with Gasteiger partial charge in [0.1, 0.15) is 11.6 Å². The average Bonchev–Trinajstić information content (AvgIpc) is 2.09. The number of hydrogen-bond acceptors (Lipinski definition) is 4. The van der Waals surface area contributed by atoms with Gasteiger partial charge >= 0.3 is 0 Å². The van der Waals surface area contributed by atoms with Crippen LogP contribution in [-0.2, 0) is 6.42 Å². The minimum absolute atomic E-state index is 0.685. The minimum Gasteiger partial charge on any atom is -0.308 e. The number of nitrogens with one attached hydrogen (secondary N) is 1. The molecule has 1 aromatic rings. The SMILES string of the molecule is C=CCc1c(C)nc(C)nc1NN. The molecule has 0 atom stereocenters. The van der Waals surface area contributed by atoms with Crippen molar-refractivity contribution in [3.63, 3.8) is 0 Å². The van der Waals surface area contributed by atoms with Gasteiger partial charge in [-0.05, 0) is 20.3 Å². The average molecular weight is 178 g/mol. The zero-order valence-electron chi connectivity index (χ0n) is 7.96. The first-order chi connectivity index (χ1) is 6.19. The molecule has 0 spiro atoms. The normalized spacial score (nSPS) is 9.77. The van der Waals surface area contributed by atoms with Gasteiger partial charge in [0, 0.05) is 11.3 Å². The molecule has 0 amide bonds. The van der Waals surface area contributed by atoms with Crippen LogP contribution in [0.4, 0.5) is 5.82 Å². The Bertz CT molecular complexity index is 320. The molecule has 0 radical (unpaired) electrons. The summed E-state index contributed by atoms with van der Waals surface area (Å²) < 4.78 is 0. The Balaban J connectivity index is 3.20. The van der Waals surface area contributed by atoms with Crippen molar-refractivity contribution in [2.45, 2.75) is 20.3 Å². The lowest BCUT2D eigenvalue weighted by Crippen LogP contribution is -2.13. The van der Waals surface area contributed by atoms with Crippen molar-refractivity contribution in [3.05, 3.63) is 29.7 Å². The maximum absolute atomic E-state index is 5.34. The monoisotopic (exact) mass is 178 g/mol. The van der Waals surface area contributed by atoms with Crippen LogP contribution in [0.3, 0.4) is 0 Å². The second-order valence-electron chi connectivity index (χ2n) is 2.82. The Kier molecular flexibility index (Phi) is 2.97. The fourth-order valence-electron chi connectivity index (χ4n) is 1.24. The summed E-state index contributed by atoms with van der Waals surface area (Å²) >= 11 is 0. The summed E-state index contributed by atoms with van der Waals surface area (Å²) in [6, 6.07) is 0. The molecule has 0 fully saturated rings. The van der Waals surface area contributed by atoms with Crippen LogP contribution in [0, 0.1) is 13.8 Å². The van der Waals surface area contributed by atoms with E-state index in [-0.39, 0.29) is 0 Å². The van der Waals surface area contributed by atoms with Gasteiger partial charge in [-0.1, -0.05) is 6.08 Å². The van der Waals surface area contributed by atoms with E-state index < -0.39 is 0 Å². The highest BCUT2D eigenvalue weighted by Gasteiger charge is 2.06. The number of rotatable bonds is 3. The minimum atomic E-state index is 0.685. The fraction of sp³-hybridized carbons (Fsp3) is 0.333. The van der Waals surface area contributed by atoms with Crippen LogP contribution >= 0.6 is 0 Å². The molecule has 0 saturated heterocycles. The third-order valence-electron chi connectivity index (χ3n) is 1.81. The summed E-state index contributed by atoms with van der Waals surface area (Å²) in [5, 5.41) is 0. The second-order valence-corrected chi connectivity index (χ2v) is 2.82. The number of aromatic nitrogens is 2. The van der Waals surface area contributed by atoms with E-state index in [1.807, 2.05) is 19.9 Å². The highest BCUT2D eigenvalue weighted by atomic mass is 15.3. The van der Waals surface area contributed by atoms with Crippen LogP contribution in [0.5, 0.6) is 0 Å². The molecule has 3 N–H and O–H groups in total. The van der Waals surface area contributed by atoms with Gasteiger partial charge in [-0.25, -0.2) is 15.8 Å². The Morgan fingerprint density at radius 2 is 2.15 bits per heavy atom. The lowest BCUT2D eigenvalue weighted by atomic mass is 10.1. The van der Waals surface area contributed by atoms with Crippen LogP contribution in [0.15, 0.2) is 12.7 Å². The van der Waals surface area contributed by atoms with Crippen molar-refractivity contribution in [1.82, 2.24) is 9.97 Å². The summed E-state index contributed by atoms with van der Waals surface area (Å²) in [7, 11) is 0. The first-order valence-electron chi connectivity index (χ1n) is 4.10. The molecule has 0 saturated carbocycles. The van der Waals surface area contributed by atoms with Gasteiger partial charge in [-0.3, -0.25) is 0 Å². The molecule has 0 bridgehead atoms.